The molecule has 7 heteroatoms. The van der Waals surface area contributed by atoms with Gasteiger partial charge in [-0.2, -0.15) is 0 Å². The summed E-state index contributed by atoms with van der Waals surface area (Å²) in [6, 6.07) is 16.4. The molecule has 0 unspecified atom stereocenters. The average Bonchev–Trinajstić information content (AvgIpc) is 2.66. The van der Waals surface area contributed by atoms with Crippen LogP contribution in [-0.4, -0.2) is 28.8 Å². The van der Waals surface area contributed by atoms with E-state index >= 15 is 0 Å². The van der Waals surface area contributed by atoms with Gasteiger partial charge in [0.1, 0.15) is 32.8 Å². The van der Waals surface area contributed by atoms with Crippen LogP contribution >= 0.6 is 0 Å². The first-order valence-electron chi connectivity index (χ1n) is 8.08. The van der Waals surface area contributed by atoms with Gasteiger partial charge in [0.05, 0.1) is 0 Å². The summed E-state index contributed by atoms with van der Waals surface area (Å²) in [5.74, 6) is -1.84. The Morgan fingerprint density at radius 3 is 1.52 bits per heavy atom. The third-order valence-corrected chi connectivity index (χ3v) is 5.53. The lowest BCUT2D eigenvalue weighted by Gasteiger charge is -2.09. The summed E-state index contributed by atoms with van der Waals surface area (Å²) in [5.41, 5.74) is 1.41. The molecule has 0 fully saturated rings. The average molecular weight is 388 g/mol. The maximum atomic E-state index is 12.2. The molecule has 6 nitrogen and oxygen atoms in total. The van der Waals surface area contributed by atoms with Gasteiger partial charge < -0.3 is 20.4 Å². The highest BCUT2D eigenvalue weighted by Gasteiger charge is 2.25. The predicted molar refractivity (Wildman–Crippen MR) is 101 cm³/mol. The lowest BCUT2D eigenvalue weighted by Crippen LogP contribution is -2.02. The number of aromatic hydroxyl groups is 4. The normalized spacial score (nSPS) is 10.7. The Labute approximate surface area is 157 Å². The van der Waals surface area contributed by atoms with Gasteiger partial charge in [0.25, 0.3) is 0 Å². The van der Waals surface area contributed by atoms with E-state index in [4.69, 9.17) is 0 Å². The first kappa shape index (κ1) is 20.1. The van der Waals surface area contributed by atoms with Crippen LogP contribution in [0.15, 0.2) is 76.5 Å². The molecule has 0 aliphatic heterocycles. The van der Waals surface area contributed by atoms with E-state index in [1.54, 1.807) is 0 Å². The molecular formula is C20H20O6S. The standard InChI is InChI=1S/C12H10O6S.C8H10/c13-7-1-3-9(15)11(5-7)19(17,18)12-6-8(14)2-4-10(12)16;1-2-8-6-4-3-5-7-8/h1-6,13-16H;3-7H,2H2,1H3. The topological polar surface area (TPSA) is 115 Å². The third kappa shape index (κ3) is 4.92. The number of hydrogen-bond acceptors (Lipinski definition) is 6. The second kappa shape index (κ2) is 8.46. The maximum Gasteiger partial charge on any atom is 0.214 e. The first-order valence-corrected chi connectivity index (χ1v) is 9.57. The van der Waals surface area contributed by atoms with Gasteiger partial charge in [-0.3, -0.25) is 0 Å². The Bertz CT molecular complexity index is 956. The molecule has 0 bridgehead atoms. The van der Waals surface area contributed by atoms with Crippen molar-refractivity contribution in [3.05, 3.63) is 72.3 Å². The molecular weight excluding hydrogens is 368 g/mol. The van der Waals surface area contributed by atoms with E-state index in [-0.39, 0.29) is 11.5 Å². The summed E-state index contributed by atoms with van der Waals surface area (Å²) in [6.45, 7) is 2.16. The van der Waals surface area contributed by atoms with Crippen molar-refractivity contribution in [2.75, 3.05) is 0 Å². The van der Waals surface area contributed by atoms with Crippen LogP contribution in [-0.2, 0) is 16.3 Å². The number of phenols is 4. The predicted octanol–water partition coefficient (Wildman–Crippen LogP) is 3.59. The second-order valence-electron chi connectivity index (χ2n) is 5.65. The third-order valence-electron chi connectivity index (χ3n) is 3.72. The van der Waals surface area contributed by atoms with Crippen molar-refractivity contribution in [3.63, 3.8) is 0 Å². The highest BCUT2D eigenvalue weighted by atomic mass is 32.2. The van der Waals surface area contributed by atoms with Gasteiger partial charge >= 0.3 is 0 Å². The SMILES string of the molecule is CCc1ccccc1.O=S(=O)(c1cc(O)ccc1O)c1cc(O)ccc1O. The lowest BCUT2D eigenvalue weighted by molar-refractivity contribution is 0.439. The Morgan fingerprint density at radius 2 is 1.15 bits per heavy atom. The number of hydrogen-bond donors (Lipinski definition) is 4. The van der Waals surface area contributed by atoms with Gasteiger partial charge in [0.15, 0.2) is 0 Å². The molecule has 0 amide bonds. The minimum absolute atomic E-state index is 0.351. The second-order valence-corrected chi connectivity index (χ2v) is 7.53. The van der Waals surface area contributed by atoms with E-state index in [0.717, 1.165) is 42.8 Å². The summed E-state index contributed by atoms with van der Waals surface area (Å²) in [6.07, 6.45) is 1.14. The Morgan fingerprint density at radius 1 is 0.704 bits per heavy atom. The van der Waals surface area contributed by atoms with Crippen molar-refractivity contribution in [3.8, 4) is 23.0 Å². The summed E-state index contributed by atoms with van der Waals surface area (Å²) in [5, 5.41) is 37.7. The van der Waals surface area contributed by atoms with E-state index in [9.17, 15) is 28.8 Å². The number of aryl methyl sites for hydroxylation is 1. The van der Waals surface area contributed by atoms with Crippen LogP contribution in [0.4, 0.5) is 0 Å². The summed E-state index contributed by atoms with van der Waals surface area (Å²) in [7, 11) is -4.27. The Balaban J connectivity index is 0.000000273. The van der Waals surface area contributed by atoms with Gasteiger partial charge in [-0.25, -0.2) is 8.42 Å². The molecule has 0 spiro atoms. The van der Waals surface area contributed by atoms with Crippen molar-refractivity contribution in [2.24, 2.45) is 0 Å². The van der Waals surface area contributed by atoms with Crippen molar-refractivity contribution < 1.29 is 28.8 Å². The van der Waals surface area contributed by atoms with Crippen LogP contribution in [0, 0.1) is 0 Å². The summed E-state index contributed by atoms with van der Waals surface area (Å²) < 4.78 is 24.5. The van der Waals surface area contributed by atoms with Crippen molar-refractivity contribution in [1.82, 2.24) is 0 Å². The van der Waals surface area contributed by atoms with Crippen LogP contribution in [0.1, 0.15) is 12.5 Å². The molecule has 0 aliphatic rings. The zero-order valence-corrected chi connectivity index (χ0v) is 15.4. The van der Waals surface area contributed by atoms with Gasteiger partial charge in [-0.05, 0) is 36.2 Å². The zero-order valence-electron chi connectivity index (χ0n) is 14.6. The molecule has 3 aromatic carbocycles. The summed E-state index contributed by atoms with van der Waals surface area (Å²) in [4.78, 5) is -1.12. The molecule has 4 N–H and O–H groups in total. The van der Waals surface area contributed by atoms with Crippen LogP contribution in [0.25, 0.3) is 0 Å². The van der Waals surface area contributed by atoms with Crippen LogP contribution in [0.3, 0.4) is 0 Å². The largest absolute Gasteiger partial charge is 0.508 e. The Hall–Kier alpha value is -3.19. The molecule has 142 valence electrons. The van der Waals surface area contributed by atoms with Crippen molar-refractivity contribution in [2.45, 2.75) is 23.1 Å². The van der Waals surface area contributed by atoms with E-state index < -0.39 is 31.1 Å². The highest BCUT2D eigenvalue weighted by Crippen LogP contribution is 2.36. The fraction of sp³-hybridized carbons (Fsp3) is 0.100. The number of sulfone groups is 1. The summed E-state index contributed by atoms with van der Waals surface area (Å²) >= 11 is 0. The Kier molecular flexibility index (Phi) is 6.31. The number of phenolic OH excluding ortho intramolecular Hbond substituents is 4. The first-order chi connectivity index (χ1) is 12.8. The molecule has 0 radical (unpaired) electrons. The molecule has 0 atom stereocenters. The van der Waals surface area contributed by atoms with Gasteiger partial charge in [-0.1, -0.05) is 37.3 Å². The number of benzene rings is 3. The van der Waals surface area contributed by atoms with Crippen LogP contribution in [0.5, 0.6) is 23.0 Å². The van der Waals surface area contributed by atoms with E-state index in [1.807, 2.05) is 6.07 Å². The zero-order chi connectivity index (χ0) is 20.0. The van der Waals surface area contributed by atoms with Gasteiger partial charge in [0, 0.05) is 12.1 Å². The molecule has 0 saturated carbocycles. The molecule has 0 heterocycles. The molecule has 27 heavy (non-hydrogen) atoms. The van der Waals surface area contributed by atoms with Crippen molar-refractivity contribution in [1.29, 1.82) is 0 Å². The molecule has 0 saturated heterocycles. The van der Waals surface area contributed by atoms with E-state index in [2.05, 4.69) is 31.2 Å². The minimum Gasteiger partial charge on any atom is -0.508 e. The maximum absolute atomic E-state index is 12.2. The highest BCUT2D eigenvalue weighted by molar-refractivity contribution is 7.91. The lowest BCUT2D eigenvalue weighted by atomic mass is 10.2. The minimum atomic E-state index is -4.27. The fourth-order valence-electron chi connectivity index (χ4n) is 2.27. The van der Waals surface area contributed by atoms with Gasteiger partial charge in [0.2, 0.25) is 9.84 Å². The quantitative estimate of drug-likeness (QED) is 0.510. The molecule has 3 rings (SSSR count). The monoisotopic (exact) mass is 388 g/mol. The van der Waals surface area contributed by atoms with Crippen molar-refractivity contribution >= 4 is 9.84 Å². The van der Waals surface area contributed by atoms with Crippen LogP contribution in [0.2, 0.25) is 0 Å². The van der Waals surface area contributed by atoms with E-state index in [0.29, 0.717) is 0 Å². The molecule has 0 aromatic heterocycles. The fourth-order valence-corrected chi connectivity index (χ4v) is 3.74. The molecule has 3 aromatic rings. The van der Waals surface area contributed by atoms with Gasteiger partial charge in [-0.15, -0.1) is 0 Å². The van der Waals surface area contributed by atoms with Crippen LogP contribution < -0.4 is 0 Å². The smallest absolute Gasteiger partial charge is 0.214 e. The molecule has 0 aliphatic carbocycles. The van der Waals surface area contributed by atoms with E-state index in [1.165, 1.54) is 5.56 Å². The number of rotatable bonds is 3.